The minimum Gasteiger partial charge on any atom is -0.481 e. The number of nitrogens with two attached hydrogens (primary N) is 1. The molecule has 0 aromatic heterocycles. The summed E-state index contributed by atoms with van der Waals surface area (Å²) in [7, 11) is 0. The minimum absolute atomic E-state index is 0.282. The van der Waals surface area contributed by atoms with E-state index in [1.165, 1.54) is 18.2 Å². The Kier molecular flexibility index (Phi) is 3.08. The van der Waals surface area contributed by atoms with Gasteiger partial charge in [0.1, 0.15) is 12.2 Å². The van der Waals surface area contributed by atoms with E-state index in [-0.39, 0.29) is 6.42 Å². The van der Waals surface area contributed by atoms with Crippen LogP contribution >= 0.6 is 0 Å². The SMILES string of the molecule is Nc1ccc(F)cc1C#CCC(=O)O. The Balaban J connectivity index is 2.88. The highest BCUT2D eigenvalue weighted by molar-refractivity contribution is 5.70. The fourth-order valence-electron chi connectivity index (χ4n) is 0.852. The quantitative estimate of drug-likeness (QED) is 0.521. The molecule has 0 heterocycles. The second kappa shape index (κ2) is 4.28. The van der Waals surface area contributed by atoms with Gasteiger partial charge in [-0.3, -0.25) is 4.79 Å². The number of carbonyl (C=O) groups is 1. The van der Waals surface area contributed by atoms with Gasteiger partial charge in [0.15, 0.2) is 0 Å². The van der Waals surface area contributed by atoms with Gasteiger partial charge in [0.25, 0.3) is 0 Å². The first kappa shape index (κ1) is 10.1. The van der Waals surface area contributed by atoms with Gasteiger partial charge in [-0.05, 0) is 18.2 Å². The lowest BCUT2D eigenvalue weighted by molar-refractivity contribution is -0.135. The van der Waals surface area contributed by atoms with E-state index in [0.717, 1.165) is 0 Å². The summed E-state index contributed by atoms with van der Waals surface area (Å²) in [6, 6.07) is 3.78. The van der Waals surface area contributed by atoms with E-state index >= 15 is 0 Å². The summed E-state index contributed by atoms with van der Waals surface area (Å²) < 4.78 is 12.7. The van der Waals surface area contributed by atoms with Crippen molar-refractivity contribution in [2.24, 2.45) is 0 Å². The second-order valence-electron chi connectivity index (χ2n) is 2.60. The van der Waals surface area contributed by atoms with Crippen LogP contribution in [0.15, 0.2) is 18.2 Å². The van der Waals surface area contributed by atoms with E-state index in [2.05, 4.69) is 11.8 Å². The van der Waals surface area contributed by atoms with Crippen molar-refractivity contribution >= 4 is 11.7 Å². The number of nitrogen functional groups attached to an aromatic ring is 1. The number of carboxylic acids is 1. The van der Waals surface area contributed by atoms with Crippen molar-refractivity contribution < 1.29 is 14.3 Å². The zero-order chi connectivity index (χ0) is 10.6. The molecule has 1 aromatic carbocycles. The van der Waals surface area contributed by atoms with Crippen molar-refractivity contribution in [3.63, 3.8) is 0 Å². The van der Waals surface area contributed by atoms with Crippen LogP contribution in [0.1, 0.15) is 12.0 Å². The molecular formula is C10H8FNO2. The third-order valence-electron chi connectivity index (χ3n) is 1.48. The average molecular weight is 193 g/mol. The van der Waals surface area contributed by atoms with Crippen LogP contribution in [0.3, 0.4) is 0 Å². The molecule has 1 rings (SSSR count). The molecule has 0 atom stereocenters. The molecule has 0 radical (unpaired) electrons. The highest BCUT2D eigenvalue weighted by Crippen LogP contribution is 2.11. The molecule has 0 amide bonds. The third-order valence-corrected chi connectivity index (χ3v) is 1.48. The highest BCUT2D eigenvalue weighted by Gasteiger charge is 1.97. The maximum atomic E-state index is 12.7. The summed E-state index contributed by atoms with van der Waals surface area (Å²) in [5, 5.41) is 8.31. The Hall–Kier alpha value is -2.02. The molecule has 0 aliphatic rings. The van der Waals surface area contributed by atoms with E-state index in [1.807, 2.05) is 0 Å². The van der Waals surface area contributed by atoms with E-state index in [1.54, 1.807) is 0 Å². The molecule has 3 N–H and O–H groups in total. The first-order valence-corrected chi connectivity index (χ1v) is 3.85. The van der Waals surface area contributed by atoms with Crippen LogP contribution in [-0.4, -0.2) is 11.1 Å². The van der Waals surface area contributed by atoms with Crippen LogP contribution in [0.5, 0.6) is 0 Å². The van der Waals surface area contributed by atoms with Crippen LogP contribution < -0.4 is 5.73 Å². The first-order valence-electron chi connectivity index (χ1n) is 3.85. The van der Waals surface area contributed by atoms with Gasteiger partial charge in [0.2, 0.25) is 0 Å². The van der Waals surface area contributed by atoms with Gasteiger partial charge in [-0.15, -0.1) is 0 Å². The van der Waals surface area contributed by atoms with Gasteiger partial charge in [-0.25, -0.2) is 4.39 Å². The molecule has 0 aliphatic carbocycles. The lowest BCUT2D eigenvalue weighted by Gasteiger charge is -1.96. The first-order chi connectivity index (χ1) is 6.59. The topological polar surface area (TPSA) is 63.3 Å². The minimum atomic E-state index is -1.02. The van der Waals surface area contributed by atoms with Crippen molar-refractivity contribution in [3.05, 3.63) is 29.6 Å². The van der Waals surface area contributed by atoms with E-state index in [4.69, 9.17) is 10.8 Å². The molecule has 0 fully saturated rings. The molecule has 4 heteroatoms. The van der Waals surface area contributed by atoms with Crippen LogP contribution in [-0.2, 0) is 4.79 Å². The molecule has 0 saturated carbocycles. The standard InChI is InChI=1S/C10H8FNO2/c11-8-4-5-9(12)7(6-8)2-1-3-10(13)14/h4-6H,3,12H2,(H,13,14). The molecule has 3 nitrogen and oxygen atoms in total. The summed E-state index contributed by atoms with van der Waals surface area (Å²) in [5.74, 6) is 3.40. The largest absolute Gasteiger partial charge is 0.481 e. The molecular weight excluding hydrogens is 185 g/mol. The molecule has 1 aromatic rings. The fraction of sp³-hybridized carbons (Fsp3) is 0.100. The molecule has 0 aliphatic heterocycles. The Morgan fingerprint density at radius 1 is 1.57 bits per heavy atom. The highest BCUT2D eigenvalue weighted by atomic mass is 19.1. The second-order valence-corrected chi connectivity index (χ2v) is 2.60. The number of anilines is 1. The number of aliphatic carboxylic acids is 1. The Morgan fingerprint density at radius 2 is 2.29 bits per heavy atom. The molecule has 0 unspecified atom stereocenters. The van der Waals surface area contributed by atoms with Gasteiger partial charge in [0, 0.05) is 5.69 Å². The fourth-order valence-corrected chi connectivity index (χ4v) is 0.852. The molecule has 0 bridgehead atoms. The van der Waals surface area contributed by atoms with Gasteiger partial charge in [-0.1, -0.05) is 11.8 Å². The number of halogens is 1. The normalized spacial score (nSPS) is 8.93. The number of carboxylic acid groups (broad SMARTS) is 1. The predicted octanol–water partition coefficient (Wildman–Crippen LogP) is 1.23. The molecule has 0 spiro atoms. The molecule has 72 valence electrons. The van der Waals surface area contributed by atoms with E-state index in [0.29, 0.717) is 11.3 Å². The number of rotatable bonds is 1. The lowest BCUT2D eigenvalue weighted by atomic mass is 10.2. The van der Waals surface area contributed by atoms with Gasteiger partial charge in [0.05, 0.1) is 5.56 Å². The summed E-state index contributed by atoms with van der Waals surface area (Å²) >= 11 is 0. The third kappa shape index (κ3) is 2.79. The van der Waals surface area contributed by atoms with E-state index in [9.17, 15) is 9.18 Å². The smallest absolute Gasteiger partial charge is 0.315 e. The predicted molar refractivity (Wildman–Crippen MR) is 49.9 cm³/mol. The van der Waals surface area contributed by atoms with Crippen molar-refractivity contribution in [3.8, 4) is 11.8 Å². The monoisotopic (exact) mass is 193 g/mol. The molecule has 0 saturated heterocycles. The molecule has 14 heavy (non-hydrogen) atoms. The van der Waals surface area contributed by atoms with Gasteiger partial charge in [-0.2, -0.15) is 0 Å². The summed E-state index contributed by atoms with van der Waals surface area (Å²) in [4.78, 5) is 10.1. The van der Waals surface area contributed by atoms with Crippen molar-refractivity contribution in [1.29, 1.82) is 0 Å². The maximum absolute atomic E-state index is 12.7. The Labute approximate surface area is 80.4 Å². The lowest BCUT2D eigenvalue weighted by Crippen LogP contribution is -1.93. The zero-order valence-corrected chi connectivity index (χ0v) is 7.25. The van der Waals surface area contributed by atoms with Gasteiger partial charge >= 0.3 is 5.97 Å². The summed E-state index contributed by atoms with van der Waals surface area (Å²) in [6.45, 7) is 0. The summed E-state index contributed by atoms with van der Waals surface area (Å²) in [6.07, 6.45) is -0.282. The average Bonchev–Trinajstić information content (AvgIpc) is 2.10. The van der Waals surface area contributed by atoms with Crippen LogP contribution in [0.4, 0.5) is 10.1 Å². The maximum Gasteiger partial charge on any atom is 0.315 e. The Morgan fingerprint density at radius 3 is 2.93 bits per heavy atom. The van der Waals surface area contributed by atoms with Crippen molar-refractivity contribution in [2.75, 3.05) is 5.73 Å². The zero-order valence-electron chi connectivity index (χ0n) is 7.25. The van der Waals surface area contributed by atoms with Crippen LogP contribution in [0, 0.1) is 17.7 Å². The number of hydrogen-bond acceptors (Lipinski definition) is 2. The number of hydrogen-bond donors (Lipinski definition) is 2. The summed E-state index contributed by atoms with van der Waals surface area (Å²) in [5.41, 5.74) is 6.14. The number of benzene rings is 1. The van der Waals surface area contributed by atoms with Crippen LogP contribution in [0.25, 0.3) is 0 Å². The Bertz CT molecular complexity index is 418. The van der Waals surface area contributed by atoms with Gasteiger partial charge < -0.3 is 10.8 Å². The van der Waals surface area contributed by atoms with Crippen molar-refractivity contribution in [1.82, 2.24) is 0 Å². The van der Waals surface area contributed by atoms with Crippen LogP contribution in [0.2, 0.25) is 0 Å². The van der Waals surface area contributed by atoms with Crippen molar-refractivity contribution in [2.45, 2.75) is 6.42 Å². The van der Waals surface area contributed by atoms with E-state index < -0.39 is 11.8 Å².